The predicted octanol–water partition coefficient (Wildman–Crippen LogP) is 4.42. The molecular formula is C8H4BrF5INO. The van der Waals surface area contributed by atoms with Gasteiger partial charge >= 0.3 is 6.36 Å². The van der Waals surface area contributed by atoms with Crippen molar-refractivity contribution >= 4 is 38.5 Å². The molecule has 0 atom stereocenters. The topological polar surface area (TPSA) is 22.1 Å². The molecule has 0 bridgehead atoms. The zero-order valence-corrected chi connectivity index (χ0v) is 11.6. The minimum absolute atomic E-state index is 0.0549. The van der Waals surface area contributed by atoms with Gasteiger partial charge in [-0.3, -0.25) is 0 Å². The van der Waals surface area contributed by atoms with Crippen molar-refractivity contribution < 1.29 is 26.7 Å². The molecule has 1 aromatic heterocycles. The van der Waals surface area contributed by atoms with E-state index in [1.54, 1.807) is 22.6 Å². The van der Waals surface area contributed by atoms with Crippen LogP contribution in [0.4, 0.5) is 22.0 Å². The van der Waals surface area contributed by atoms with Crippen LogP contribution in [0.25, 0.3) is 0 Å². The summed E-state index contributed by atoms with van der Waals surface area (Å²) in [4.78, 5) is 3.59. The largest absolute Gasteiger partial charge is 0.573 e. The van der Waals surface area contributed by atoms with Gasteiger partial charge in [-0.05, 0) is 22.6 Å². The predicted molar refractivity (Wildman–Crippen MR) is 61.2 cm³/mol. The van der Waals surface area contributed by atoms with E-state index in [2.05, 4.69) is 25.7 Å². The molecule has 0 aliphatic heterocycles. The van der Waals surface area contributed by atoms with E-state index in [0.717, 1.165) is 0 Å². The first-order valence-electron chi connectivity index (χ1n) is 4.03. The van der Waals surface area contributed by atoms with E-state index in [1.807, 2.05) is 0 Å². The Morgan fingerprint density at radius 1 is 1.41 bits per heavy atom. The highest BCUT2D eigenvalue weighted by Crippen LogP contribution is 2.37. The van der Waals surface area contributed by atoms with Crippen LogP contribution in [0, 0.1) is 3.70 Å². The van der Waals surface area contributed by atoms with Crippen LogP contribution >= 0.6 is 38.5 Å². The highest BCUT2D eigenvalue weighted by Gasteiger charge is 2.35. The minimum atomic E-state index is -5.02. The molecule has 0 N–H and O–H groups in total. The number of ether oxygens (including phenoxy) is 1. The summed E-state index contributed by atoms with van der Waals surface area (Å²) < 4.78 is 65.3. The fourth-order valence-electron chi connectivity index (χ4n) is 1.04. The molecule has 0 aliphatic rings. The maximum atomic E-state index is 12.5. The third kappa shape index (κ3) is 3.90. The Morgan fingerprint density at radius 3 is 2.41 bits per heavy atom. The van der Waals surface area contributed by atoms with Crippen molar-refractivity contribution in [1.29, 1.82) is 0 Å². The van der Waals surface area contributed by atoms with Crippen LogP contribution in [0.2, 0.25) is 0 Å². The molecule has 2 nitrogen and oxygen atoms in total. The molecule has 0 aromatic carbocycles. The van der Waals surface area contributed by atoms with Crippen molar-refractivity contribution in [2.24, 2.45) is 0 Å². The van der Waals surface area contributed by atoms with Crippen molar-refractivity contribution in [1.82, 2.24) is 4.98 Å². The Balaban J connectivity index is 3.34. The van der Waals surface area contributed by atoms with Crippen LogP contribution < -0.4 is 4.74 Å². The Morgan fingerprint density at radius 2 is 2.00 bits per heavy atom. The van der Waals surface area contributed by atoms with E-state index < -0.39 is 24.1 Å². The lowest BCUT2D eigenvalue weighted by Gasteiger charge is -2.16. The van der Waals surface area contributed by atoms with Crippen molar-refractivity contribution in [2.75, 3.05) is 0 Å². The van der Waals surface area contributed by atoms with Gasteiger partial charge < -0.3 is 4.74 Å². The van der Waals surface area contributed by atoms with Gasteiger partial charge in [0.1, 0.15) is 9.45 Å². The summed E-state index contributed by atoms with van der Waals surface area (Å²) in [5.74, 6) is -0.885. The Labute approximate surface area is 115 Å². The number of aromatic nitrogens is 1. The highest BCUT2D eigenvalue weighted by molar-refractivity contribution is 14.1. The lowest BCUT2D eigenvalue weighted by Crippen LogP contribution is -2.20. The van der Waals surface area contributed by atoms with Crippen LogP contribution in [-0.2, 0) is 5.33 Å². The molecule has 96 valence electrons. The van der Waals surface area contributed by atoms with E-state index >= 15 is 0 Å². The van der Waals surface area contributed by atoms with Crippen LogP contribution in [-0.4, -0.2) is 11.3 Å². The van der Waals surface area contributed by atoms with Gasteiger partial charge in [-0.15, -0.1) is 13.2 Å². The summed E-state index contributed by atoms with van der Waals surface area (Å²) in [6.07, 6.45) is -7.43. The lowest BCUT2D eigenvalue weighted by molar-refractivity contribution is -0.275. The molecule has 0 saturated carbocycles. The molecule has 0 spiro atoms. The number of nitrogens with zero attached hydrogens (tertiary/aromatic N) is 1. The van der Waals surface area contributed by atoms with Gasteiger partial charge in [-0.25, -0.2) is 13.8 Å². The fourth-order valence-corrected chi connectivity index (χ4v) is 2.66. The molecule has 0 saturated heterocycles. The van der Waals surface area contributed by atoms with Crippen LogP contribution in [0.3, 0.4) is 0 Å². The lowest BCUT2D eigenvalue weighted by atomic mass is 10.2. The molecule has 1 aromatic rings. The monoisotopic (exact) mass is 431 g/mol. The Kier molecular flexibility index (Phi) is 4.93. The second kappa shape index (κ2) is 5.63. The molecule has 9 heteroatoms. The summed E-state index contributed by atoms with van der Waals surface area (Å²) in [7, 11) is 0. The van der Waals surface area contributed by atoms with Gasteiger partial charge in [0.15, 0.2) is 0 Å². The number of halogens is 7. The van der Waals surface area contributed by atoms with Crippen molar-refractivity contribution in [3.8, 4) is 5.75 Å². The number of pyridine rings is 1. The third-order valence-electron chi connectivity index (χ3n) is 1.69. The molecule has 0 radical (unpaired) electrons. The molecule has 0 aliphatic carbocycles. The van der Waals surface area contributed by atoms with Gasteiger partial charge in [0.25, 0.3) is 6.43 Å². The first-order chi connectivity index (χ1) is 7.76. The quantitative estimate of drug-likeness (QED) is 0.306. The summed E-state index contributed by atoms with van der Waals surface area (Å²) in [5, 5.41) is -0.0652. The van der Waals surface area contributed by atoms with E-state index in [1.165, 1.54) is 0 Å². The van der Waals surface area contributed by atoms with E-state index in [0.29, 0.717) is 6.20 Å². The normalized spacial score (nSPS) is 12.0. The van der Waals surface area contributed by atoms with Gasteiger partial charge in [0.2, 0.25) is 0 Å². The molecule has 0 fully saturated rings. The molecule has 0 unspecified atom stereocenters. The molecule has 1 rings (SSSR count). The zero-order chi connectivity index (χ0) is 13.2. The SMILES string of the molecule is FC(F)c1cnc(I)c(CBr)c1OC(F)(F)F. The number of alkyl halides is 6. The second-order valence-corrected chi connectivity index (χ2v) is 4.38. The minimum Gasteiger partial charge on any atom is -0.405 e. The number of hydrogen-bond acceptors (Lipinski definition) is 2. The average Bonchev–Trinajstić information content (AvgIpc) is 2.15. The fraction of sp³-hybridized carbons (Fsp3) is 0.375. The standard InChI is InChI=1S/C8H4BrF5INO/c9-1-3-5(17-8(12,13)14)4(6(10)11)2-16-7(3)15/h2,6H,1H2. The molecule has 1 heterocycles. The van der Waals surface area contributed by atoms with E-state index in [4.69, 9.17) is 0 Å². The third-order valence-corrected chi connectivity index (χ3v) is 3.18. The Bertz CT molecular complexity index is 412. The smallest absolute Gasteiger partial charge is 0.405 e. The zero-order valence-electron chi connectivity index (χ0n) is 7.86. The summed E-state index contributed by atoms with van der Waals surface area (Å²) in [5.41, 5.74) is -0.932. The number of hydrogen-bond donors (Lipinski definition) is 0. The van der Waals surface area contributed by atoms with Gasteiger partial charge in [-0.1, -0.05) is 15.9 Å². The van der Waals surface area contributed by atoms with Gasteiger partial charge in [0, 0.05) is 17.1 Å². The van der Waals surface area contributed by atoms with Crippen molar-refractivity contribution in [3.05, 3.63) is 21.0 Å². The maximum Gasteiger partial charge on any atom is 0.573 e. The average molecular weight is 432 g/mol. The van der Waals surface area contributed by atoms with Crippen LogP contribution in [0.1, 0.15) is 17.6 Å². The number of rotatable bonds is 3. The van der Waals surface area contributed by atoms with Crippen molar-refractivity contribution in [2.45, 2.75) is 18.1 Å². The molecule has 17 heavy (non-hydrogen) atoms. The van der Waals surface area contributed by atoms with Gasteiger partial charge in [0.05, 0.1) is 5.56 Å². The van der Waals surface area contributed by atoms with Gasteiger partial charge in [-0.2, -0.15) is 0 Å². The summed E-state index contributed by atoms with van der Waals surface area (Å²) in [6.45, 7) is 0. The molecule has 0 amide bonds. The van der Waals surface area contributed by atoms with Crippen LogP contribution in [0.15, 0.2) is 6.20 Å². The van der Waals surface area contributed by atoms with E-state index in [9.17, 15) is 22.0 Å². The summed E-state index contributed by atoms with van der Waals surface area (Å²) >= 11 is 4.56. The van der Waals surface area contributed by atoms with E-state index in [-0.39, 0.29) is 14.6 Å². The first kappa shape index (κ1) is 14.9. The maximum absolute atomic E-state index is 12.5. The Hall–Kier alpha value is -0.190. The first-order valence-corrected chi connectivity index (χ1v) is 6.23. The highest BCUT2D eigenvalue weighted by atomic mass is 127. The summed E-state index contributed by atoms with van der Waals surface area (Å²) in [6, 6.07) is 0. The second-order valence-electron chi connectivity index (χ2n) is 2.79. The van der Waals surface area contributed by atoms with Crippen molar-refractivity contribution in [3.63, 3.8) is 0 Å². The molecular weight excluding hydrogens is 428 g/mol. The van der Waals surface area contributed by atoms with Crippen LogP contribution in [0.5, 0.6) is 5.75 Å².